The van der Waals surface area contributed by atoms with E-state index in [4.69, 9.17) is 17.3 Å². The summed E-state index contributed by atoms with van der Waals surface area (Å²) in [5.74, 6) is 0.538. The van der Waals surface area contributed by atoms with Crippen molar-refractivity contribution < 1.29 is 0 Å². The molecule has 3 rings (SSSR count). The van der Waals surface area contributed by atoms with Crippen LogP contribution in [0.5, 0.6) is 0 Å². The summed E-state index contributed by atoms with van der Waals surface area (Å²) in [4.78, 5) is 4.54. The van der Waals surface area contributed by atoms with E-state index in [1.807, 2.05) is 55.5 Å². The first-order chi connectivity index (χ1) is 9.16. The lowest BCUT2D eigenvalue weighted by Crippen LogP contribution is -1.97. The molecule has 94 valence electrons. The molecule has 0 aliphatic carbocycles. The number of hydrogen-bond donors (Lipinski definition) is 1. The summed E-state index contributed by atoms with van der Waals surface area (Å²) in [5, 5.41) is 2.71. The fourth-order valence-corrected chi connectivity index (χ4v) is 2.49. The van der Waals surface area contributed by atoms with Crippen molar-refractivity contribution in [3.8, 4) is 11.3 Å². The molecule has 0 spiro atoms. The Morgan fingerprint density at radius 2 is 1.74 bits per heavy atom. The SMILES string of the molecule is Cc1c(-c2ccccc2)nc(N)c2ccc(Cl)cc12. The van der Waals surface area contributed by atoms with Gasteiger partial charge in [0.1, 0.15) is 5.82 Å². The quantitative estimate of drug-likeness (QED) is 0.708. The Balaban J connectivity index is 2.36. The van der Waals surface area contributed by atoms with Crippen LogP contribution in [0.15, 0.2) is 48.5 Å². The molecular formula is C16H13ClN2. The molecular weight excluding hydrogens is 256 g/mol. The van der Waals surface area contributed by atoms with Gasteiger partial charge in [-0.1, -0.05) is 41.9 Å². The molecule has 0 atom stereocenters. The first-order valence-corrected chi connectivity index (χ1v) is 6.45. The Morgan fingerprint density at radius 1 is 1.00 bits per heavy atom. The maximum absolute atomic E-state index is 6.08. The largest absolute Gasteiger partial charge is 0.383 e. The van der Waals surface area contributed by atoms with Crippen LogP contribution < -0.4 is 5.73 Å². The highest BCUT2D eigenvalue weighted by molar-refractivity contribution is 6.31. The van der Waals surface area contributed by atoms with Crippen molar-refractivity contribution in [2.75, 3.05) is 5.73 Å². The molecule has 0 unspecified atom stereocenters. The molecule has 0 fully saturated rings. The van der Waals surface area contributed by atoms with Crippen molar-refractivity contribution in [1.29, 1.82) is 0 Å². The predicted molar refractivity (Wildman–Crippen MR) is 81.3 cm³/mol. The molecule has 3 heteroatoms. The number of nitrogens with two attached hydrogens (primary N) is 1. The molecule has 19 heavy (non-hydrogen) atoms. The van der Waals surface area contributed by atoms with Crippen LogP contribution in [0.25, 0.3) is 22.0 Å². The lowest BCUT2D eigenvalue weighted by molar-refractivity contribution is 1.31. The minimum Gasteiger partial charge on any atom is -0.383 e. The number of halogens is 1. The average Bonchev–Trinajstić information content (AvgIpc) is 2.43. The zero-order chi connectivity index (χ0) is 13.4. The van der Waals surface area contributed by atoms with Gasteiger partial charge in [-0.25, -0.2) is 4.98 Å². The Hall–Kier alpha value is -2.06. The number of pyridine rings is 1. The third-order valence-electron chi connectivity index (χ3n) is 3.30. The number of nitrogen functional groups attached to an aromatic ring is 1. The third kappa shape index (κ3) is 2.04. The Labute approximate surface area is 116 Å². The number of rotatable bonds is 1. The molecule has 0 bridgehead atoms. The molecule has 0 saturated carbocycles. The summed E-state index contributed by atoms with van der Waals surface area (Å²) in [7, 11) is 0. The molecule has 1 heterocycles. The van der Waals surface area contributed by atoms with Gasteiger partial charge in [0.05, 0.1) is 5.69 Å². The predicted octanol–water partition coefficient (Wildman–Crippen LogP) is 4.45. The van der Waals surface area contributed by atoms with Crippen LogP contribution in [0.4, 0.5) is 5.82 Å². The maximum Gasteiger partial charge on any atom is 0.131 e. The van der Waals surface area contributed by atoms with E-state index in [9.17, 15) is 0 Å². The van der Waals surface area contributed by atoms with Crippen molar-refractivity contribution in [2.45, 2.75) is 6.92 Å². The zero-order valence-corrected chi connectivity index (χ0v) is 11.3. The van der Waals surface area contributed by atoms with Crippen molar-refractivity contribution in [1.82, 2.24) is 4.98 Å². The number of aromatic nitrogens is 1. The standard InChI is InChI=1S/C16H13ClN2/c1-10-14-9-12(17)7-8-13(14)16(18)19-15(10)11-5-3-2-4-6-11/h2-9H,1H3,(H2,18,19). The molecule has 0 radical (unpaired) electrons. The van der Waals surface area contributed by atoms with E-state index >= 15 is 0 Å². The van der Waals surface area contributed by atoms with Gasteiger partial charge in [-0.15, -0.1) is 0 Å². The van der Waals surface area contributed by atoms with E-state index in [0.29, 0.717) is 10.8 Å². The minimum absolute atomic E-state index is 0.538. The molecule has 0 aliphatic heterocycles. The van der Waals surface area contributed by atoms with E-state index in [1.165, 1.54) is 0 Å². The van der Waals surface area contributed by atoms with Gasteiger partial charge in [0.15, 0.2) is 0 Å². The van der Waals surface area contributed by atoms with Crippen molar-refractivity contribution in [3.63, 3.8) is 0 Å². The normalized spacial score (nSPS) is 10.8. The highest BCUT2D eigenvalue weighted by Gasteiger charge is 2.10. The Bertz CT molecular complexity index is 752. The highest BCUT2D eigenvalue weighted by Crippen LogP contribution is 2.32. The topological polar surface area (TPSA) is 38.9 Å². The van der Waals surface area contributed by atoms with Gasteiger partial charge < -0.3 is 5.73 Å². The molecule has 2 N–H and O–H groups in total. The van der Waals surface area contributed by atoms with Gasteiger partial charge in [-0.05, 0) is 36.1 Å². The molecule has 2 nitrogen and oxygen atoms in total. The summed E-state index contributed by atoms with van der Waals surface area (Å²) < 4.78 is 0. The Kier molecular flexibility index (Phi) is 2.88. The van der Waals surface area contributed by atoms with Crippen LogP contribution in [0.1, 0.15) is 5.56 Å². The number of anilines is 1. The van der Waals surface area contributed by atoms with Crippen LogP contribution in [0.2, 0.25) is 5.02 Å². The van der Waals surface area contributed by atoms with E-state index in [2.05, 4.69) is 4.98 Å². The second-order valence-corrected chi connectivity index (χ2v) is 4.96. The summed E-state index contributed by atoms with van der Waals surface area (Å²) in [6.07, 6.45) is 0. The minimum atomic E-state index is 0.538. The average molecular weight is 269 g/mol. The van der Waals surface area contributed by atoms with E-state index in [0.717, 1.165) is 27.6 Å². The van der Waals surface area contributed by atoms with Gasteiger partial charge in [-0.2, -0.15) is 0 Å². The number of aryl methyl sites for hydroxylation is 1. The van der Waals surface area contributed by atoms with Crippen LogP contribution in [-0.2, 0) is 0 Å². The second-order valence-electron chi connectivity index (χ2n) is 4.53. The monoisotopic (exact) mass is 268 g/mol. The Morgan fingerprint density at radius 3 is 2.47 bits per heavy atom. The van der Waals surface area contributed by atoms with Crippen LogP contribution >= 0.6 is 11.6 Å². The highest BCUT2D eigenvalue weighted by atomic mass is 35.5. The van der Waals surface area contributed by atoms with E-state index in [1.54, 1.807) is 0 Å². The molecule has 0 saturated heterocycles. The molecule has 0 aliphatic rings. The lowest BCUT2D eigenvalue weighted by atomic mass is 10.0. The van der Waals surface area contributed by atoms with Crippen molar-refractivity contribution in [2.24, 2.45) is 0 Å². The molecule has 0 amide bonds. The van der Waals surface area contributed by atoms with E-state index < -0.39 is 0 Å². The fourth-order valence-electron chi connectivity index (χ4n) is 2.32. The van der Waals surface area contributed by atoms with Gasteiger partial charge in [0.2, 0.25) is 0 Å². The summed E-state index contributed by atoms with van der Waals surface area (Å²) in [6, 6.07) is 15.7. The lowest BCUT2D eigenvalue weighted by Gasteiger charge is -2.11. The fraction of sp³-hybridized carbons (Fsp3) is 0.0625. The van der Waals surface area contributed by atoms with Gasteiger partial charge in [0, 0.05) is 16.0 Å². The molecule has 2 aromatic carbocycles. The molecule has 3 aromatic rings. The summed E-state index contributed by atoms with van der Waals surface area (Å²) >= 11 is 6.08. The maximum atomic E-state index is 6.08. The number of benzene rings is 2. The second kappa shape index (κ2) is 4.56. The van der Waals surface area contributed by atoms with Gasteiger partial charge in [0.25, 0.3) is 0 Å². The van der Waals surface area contributed by atoms with Crippen LogP contribution in [0.3, 0.4) is 0 Å². The molecule has 1 aromatic heterocycles. The third-order valence-corrected chi connectivity index (χ3v) is 3.53. The van der Waals surface area contributed by atoms with E-state index in [-0.39, 0.29) is 0 Å². The van der Waals surface area contributed by atoms with Crippen LogP contribution in [-0.4, -0.2) is 4.98 Å². The smallest absolute Gasteiger partial charge is 0.131 e. The van der Waals surface area contributed by atoms with Gasteiger partial charge in [-0.3, -0.25) is 0 Å². The first-order valence-electron chi connectivity index (χ1n) is 6.07. The van der Waals surface area contributed by atoms with Crippen LogP contribution in [0, 0.1) is 6.92 Å². The van der Waals surface area contributed by atoms with Crippen molar-refractivity contribution >= 4 is 28.2 Å². The number of fused-ring (bicyclic) bond motifs is 1. The van der Waals surface area contributed by atoms with Gasteiger partial charge >= 0.3 is 0 Å². The van der Waals surface area contributed by atoms with Crippen molar-refractivity contribution in [3.05, 3.63) is 59.1 Å². The number of hydrogen-bond acceptors (Lipinski definition) is 2. The summed E-state index contributed by atoms with van der Waals surface area (Å²) in [5.41, 5.74) is 9.13. The first kappa shape index (κ1) is 12.0. The number of nitrogens with zero attached hydrogens (tertiary/aromatic N) is 1. The zero-order valence-electron chi connectivity index (χ0n) is 10.5. The summed E-state index contributed by atoms with van der Waals surface area (Å²) in [6.45, 7) is 2.05.